The highest BCUT2D eigenvalue weighted by molar-refractivity contribution is 5.94. The van der Waals surface area contributed by atoms with E-state index in [9.17, 15) is 14.7 Å². The molecule has 1 aliphatic heterocycles. The maximum Gasteiger partial charge on any atom is 0.410 e. The molecule has 3 aliphatic rings. The Bertz CT molecular complexity index is 1650. The largest absolute Gasteiger partial charge is 0.496 e. The third-order valence-corrected chi connectivity index (χ3v) is 11.6. The van der Waals surface area contributed by atoms with Gasteiger partial charge in [0.1, 0.15) is 18.2 Å². The van der Waals surface area contributed by atoms with Gasteiger partial charge in [-0.15, -0.1) is 0 Å². The van der Waals surface area contributed by atoms with E-state index in [2.05, 4.69) is 30.2 Å². The Morgan fingerprint density at radius 2 is 1.76 bits per heavy atom. The summed E-state index contributed by atoms with van der Waals surface area (Å²) >= 11 is 0. The van der Waals surface area contributed by atoms with E-state index in [0.717, 1.165) is 68.2 Å². The van der Waals surface area contributed by atoms with Crippen molar-refractivity contribution in [2.45, 2.75) is 116 Å². The van der Waals surface area contributed by atoms with E-state index in [0.29, 0.717) is 24.2 Å². The van der Waals surface area contributed by atoms with Crippen molar-refractivity contribution in [3.05, 3.63) is 60.0 Å². The number of benzene rings is 1. The first-order chi connectivity index (χ1) is 23.9. The molecule has 6 rings (SSSR count). The summed E-state index contributed by atoms with van der Waals surface area (Å²) in [6.07, 6.45) is 14.2. The maximum atomic E-state index is 14.2. The number of pyridine rings is 1. The van der Waals surface area contributed by atoms with Crippen LogP contribution in [0.2, 0.25) is 0 Å². The fourth-order valence-corrected chi connectivity index (χ4v) is 7.90. The average molecular weight is 686 g/mol. The van der Waals surface area contributed by atoms with E-state index >= 15 is 0 Å². The number of hydrogen-bond donors (Lipinski definition) is 1. The van der Waals surface area contributed by atoms with Crippen molar-refractivity contribution < 1.29 is 24.2 Å². The van der Waals surface area contributed by atoms with Crippen molar-refractivity contribution in [1.82, 2.24) is 19.7 Å². The molecule has 1 atom stereocenters. The summed E-state index contributed by atoms with van der Waals surface area (Å²) in [6, 6.07) is 10.6. The van der Waals surface area contributed by atoms with Crippen LogP contribution in [0.1, 0.15) is 103 Å². The minimum Gasteiger partial charge on any atom is -0.496 e. The van der Waals surface area contributed by atoms with Crippen LogP contribution in [0.25, 0.3) is 11.1 Å². The average Bonchev–Trinajstić information content (AvgIpc) is 3.64. The lowest BCUT2D eigenvalue weighted by molar-refractivity contribution is -0.123. The Kier molecular flexibility index (Phi) is 10.6. The molecule has 2 amide bonds. The molecule has 3 heterocycles. The minimum atomic E-state index is -0.638. The first-order valence-corrected chi connectivity index (χ1v) is 18.5. The Morgan fingerprint density at radius 3 is 2.42 bits per heavy atom. The summed E-state index contributed by atoms with van der Waals surface area (Å²) in [5.74, 6) is 2.83. The van der Waals surface area contributed by atoms with E-state index in [4.69, 9.17) is 14.5 Å². The molecule has 1 saturated heterocycles. The quantitative estimate of drug-likeness (QED) is 0.236. The monoisotopic (exact) mass is 685 g/mol. The lowest BCUT2D eigenvalue weighted by Crippen LogP contribution is -2.69. The molecule has 50 heavy (non-hydrogen) atoms. The van der Waals surface area contributed by atoms with Gasteiger partial charge in [-0.2, -0.15) is 5.10 Å². The smallest absolute Gasteiger partial charge is 0.410 e. The van der Waals surface area contributed by atoms with Crippen LogP contribution < -0.4 is 9.64 Å². The number of rotatable bonds is 10. The van der Waals surface area contributed by atoms with Gasteiger partial charge in [0.05, 0.1) is 37.0 Å². The Morgan fingerprint density at radius 1 is 1.02 bits per heavy atom. The van der Waals surface area contributed by atoms with E-state index in [1.165, 1.54) is 17.5 Å². The minimum absolute atomic E-state index is 0.0455. The summed E-state index contributed by atoms with van der Waals surface area (Å²) in [6.45, 7) is 10.8. The highest BCUT2D eigenvalue weighted by Gasteiger charge is 2.49. The number of hydrogen-bond acceptors (Lipinski definition) is 7. The van der Waals surface area contributed by atoms with Gasteiger partial charge in [0.15, 0.2) is 0 Å². The van der Waals surface area contributed by atoms with Crippen molar-refractivity contribution >= 4 is 17.8 Å². The standard InChI is InChI=1S/C40H55N5O5/c1-27-20-31(16-17-34(27)49-6)29-14-12-28(13-15-29)23-43(37(47)30-10-8-7-9-11-30)36-21-32(18-19-41-36)33-22-42-45(24-33)39(2,3)26-50-38(48)44-25-35(46)40(44,4)5/h16-22,24,28-30,35,46H,7-15,23,25-26H2,1-6H3. The normalized spacial score (nSPS) is 22.5. The highest BCUT2D eigenvalue weighted by Crippen LogP contribution is 2.39. The zero-order valence-corrected chi connectivity index (χ0v) is 30.7. The molecule has 3 aromatic rings. The molecule has 2 aliphatic carbocycles. The second-order valence-corrected chi connectivity index (χ2v) is 16.0. The van der Waals surface area contributed by atoms with Gasteiger partial charge < -0.3 is 14.6 Å². The molecular weight excluding hydrogens is 630 g/mol. The number of carbonyl (C=O) groups is 2. The van der Waals surface area contributed by atoms with E-state index in [1.807, 2.05) is 61.8 Å². The summed E-state index contributed by atoms with van der Waals surface area (Å²) in [5, 5.41) is 14.7. The molecule has 0 radical (unpaired) electrons. The van der Waals surface area contributed by atoms with Crippen LogP contribution in [0.5, 0.6) is 5.75 Å². The topological polar surface area (TPSA) is 110 Å². The van der Waals surface area contributed by atoms with Gasteiger partial charge in [0.25, 0.3) is 0 Å². The first-order valence-electron chi connectivity index (χ1n) is 18.5. The molecule has 3 fully saturated rings. The van der Waals surface area contributed by atoms with Crippen molar-refractivity contribution in [1.29, 1.82) is 0 Å². The van der Waals surface area contributed by atoms with Crippen LogP contribution in [0.4, 0.5) is 10.6 Å². The fraction of sp³-hybridized carbons (Fsp3) is 0.600. The number of ether oxygens (including phenoxy) is 2. The number of likely N-dealkylation sites (tertiary alicyclic amines) is 1. The molecule has 270 valence electrons. The first kappa shape index (κ1) is 35.9. The molecule has 1 unspecified atom stereocenters. The van der Waals surface area contributed by atoms with Gasteiger partial charge in [-0.1, -0.05) is 31.4 Å². The molecule has 10 nitrogen and oxygen atoms in total. The second-order valence-electron chi connectivity index (χ2n) is 16.0. The van der Waals surface area contributed by atoms with Crippen LogP contribution in [-0.2, 0) is 15.1 Å². The number of nitrogens with zero attached hydrogens (tertiary/aromatic N) is 5. The van der Waals surface area contributed by atoms with E-state index in [1.54, 1.807) is 18.2 Å². The number of methoxy groups -OCH3 is 1. The summed E-state index contributed by atoms with van der Waals surface area (Å²) in [4.78, 5) is 35.2. The van der Waals surface area contributed by atoms with Gasteiger partial charge in [0.2, 0.25) is 5.91 Å². The van der Waals surface area contributed by atoms with Crippen LogP contribution in [-0.4, -0.2) is 75.2 Å². The third kappa shape index (κ3) is 7.55. The summed E-state index contributed by atoms with van der Waals surface area (Å²) in [7, 11) is 1.72. The molecule has 0 bridgehead atoms. The predicted octanol–water partition coefficient (Wildman–Crippen LogP) is 7.48. The zero-order valence-electron chi connectivity index (χ0n) is 30.7. The maximum absolute atomic E-state index is 14.2. The van der Waals surface area contributed by atoms with Gasteiger partial charge in [0, 0.05) is 30.4 Å². The van der Waals surface area contributed by atoms with Gasteiger partial charge in [-0.25, -0.2) is 9.78 Å². The molecule has 0 spiro atoms. The van der Waals surface area contributed by atoms with Crippen LogP contribution in [0.15, 0.2) is 48.9 Å². The Hall–Kier alpha value is -3.92. The number of aryl methyl sites for hydroxylation is 1. The SMILES string of the molecule is COc1ccc(C2CCC(CN(C(=O)C3CCCCC3)c3cc(-c4cnn(C(C)(C)COC(=O)N5CC(O)C5(C)C)c4)ccn3)CC2)cc1C. The Labute approximate surface area is 297 Å². The fourth-order valence-electron chi connectivity index (χ4n) is 7.90. The number of anilines is 1. The van der Waals surface area contributed by atoms with E-state index in [-0.39, 0.29) is 25.0 Å². The lowest BCUT2D eigenvalue weighted by Gasteiger charge is -2.51. The van der Waals surface area contributed by atoms with Crippen LogP contribution in [0, 0.1) is 18.8 Å². The van der Waals surface area contributed by atoms with Gasteiger partial charge in [-0.05, 0) is 120 Å². The molecule has 2 aromatic heterocycles. The number of aromatic nitrogens is 3. The van der Waals surface area contributed by atoms with E-state index < -0.39 is 23.3 Å². The van der Waals surface area contributed by atoms with Gasteiger partial charge >= 0.3 is 6.09 Å². The van der Waals surface area contributed by atoms with Crippen molar-refractivity contribution in [2.24, 2.45) is 11.8 Å². The summed E-state index contributed by atoms with van der Waals surface area (Å²) in [5.41, 5.74) is 3.15. The predicted molar refractivity (Wildman–Crippen MR) is 194 cm³/mol. The Balaban J connectivity index is 1.15. The zero-order chi connectivity index (χ0) is 35.6. The molecule has 2 saturated carbocycles. The summed E-state index contributed by atoms with van der Waals surface area (Å²) < 4.78 is 13.0. The number of aliphatic hydroxyl groups is 1. The second kappa shape index (κ2) is 14.7. The van der Waals surface area contributed by atoms with Crippen molar-refractivity contribution in [3.63, 3.8) is 0 Å². The number of carbonyl (C=O) groups excluding carboxylic acids is 2. The van der Waals surface area contributed by atoms with Crippen molar-refractivity contribution in [3.8, 4) is 16.9 Å². The molecule has 10 heteroatoms. The van der Waals surface area contributed by atoms with Gasteiger partial charge in [-0.3, -0.25) is 19.3 Å². The number of aliphatic hydroxyl groups excluding tert-OH is 1. The van der Waals surface area contributed by atoms with Crippen LogP contribution >= 0.6 is 0 Å². The third-order valence-electron chi connectivity index (χ3n) is 11.6. The molecule has 1 N–H and O–H groups in total. The van der Waals surface area contributed by atoms with Crippen molar-refractivity contribution in [2.75, 3.05) is 31.7 Å². The molecular formula is C40H55N5O5. The molecule has 1 aromatic carbocycles. The lowest BCUT2D eigenvalue weighted by atomic mass is 9.78. The highest BCUT2D eigenvalue weighted by atomic mass is 16.6. The van der Waals surface area contributed by atoms with Crippen LogP contribution in [0.3, 0.4) is 0 Å². The number of amides is 2. The number of β-amino-alcohol motifs (C(OH)–C–C–N with tert-alkyl or cyclic N) is 1.